The zero-order chi connectivity index (χ0) is 18.5. The van der Waals surface area contributed by atoms with Crippen LogP contribution in [0.4, 0.5) is 0 Å². The van der Waals surface area contributed by atoms with Gasteiger partial charge in [0.05, 0.1) is 34.1 Å². The first kappa shape index (κ1) is 17.6. The average Bonchev–Trinajstić information content (AvgIpc) is 2.70. The minimum atomic E-state index is 0.570. The summed E-state index contributed by atoms with van der Waals surface area (Å²) in [7, 11) is 6.43. The van der Waals surface area contributed by atoms with Crippen molar-refractivity contribution < 1.29 is 18.9 Å². The van der Waals surface area contributed by atoms with Gasteiger partial charge >= 0.3 is 0 Å². The molecule has 0 aliphatic rings. The van der Waals surface area contributed by atoms with Crippen LogP contribution >= 0.6 is 0 Å². The van der Waals surface area contributed by atoms with Gasteiger partial charge in [-0.25, -0.2) is 4.98 Å². The molecule has 134 valence electrons. The Morgan fingerprint density at radius 3 is 2.04 bits per heavy atom. The van der Waals surface area contributed by atoms with E-state index in [4.69, 9.17) is 18.9 Å². The van der Waals surface area contributed by atoms with Crippen molar-refractivity contribution in [3.63, 3.8) is 0 Å². The van der Waals surface area contributed by atoms with Crippen molar-refractivity contribution in [2.45, 2.75) is 0 Å². The molecule has 0 N–H and O–H groups in total. The minimum absolute atomic E-state index is 0.570. The van der Waals surface area contributed by atoms with Crippen LogP contribution in [0.25, 0.3) is 23.1 Å². The number of hydrogen-bond donors (Lipinski definition) is 0. The van der Waals surface area contributed by atoms with Gasteiger partial charge in [0.15, 0.2) is 11.5 Å². The fraction of sp³-hybridized carbons (Fsp3) is 0.190. The van der Waals surface area contributed by atoms with E-state index >= 15 is 0 Å². The third-order valence-corrected chi connectivity index (χ3v) is 4.06. The van der Waals surface area contributed by atoms with Gasteiger partial charge in [0, 0.05) is 5.39 Å². The predicted molar refractivity (Wildman–Crippen MR) is 103 cm³/mol. The Morgan fingerprint density at radius 2 is 1.42 bits per heavy atom. The summed E-state index contributed by atoms with van der Waals surface area (Å²) in [6.07, 6.45) is 3.89. The molecule has 0 saturated carbocycles. The summed E-state index contributed by atoms with van der Waals surface area (Å²) in [6, 6.07) is 13.6. The largest absolute Gasteiger partial charge is 0.494 e. The summed E-state index contributed by atoms with van der Waals surface area (Å²) < 4.78 is 21.5. The standard InChI is InChI=1S/C21H21NO4/c1-23-17-7-5-6-15-9-11-16(22-20(15)17)10-8-14-12-18(24-2)21(26-4)19(13-14)25-3/h5-13H,1-4H3. The van der Waals surface area contributed by atoms with Gasteiger partial charge in [-0.05, 0) is 35.9 Å². The number of ether oxygens (including phenoxy) is 4. The minimum Gasteiger partial charge on any atom is -0.494 e. The van der Waals surface area contributed by atoms with Crippen LogP contribution in [0.1, 0.15) is 11.3 Å². The molecule has 0 radical (unpaired) electrons. The van der Waals surface area contributed by atoms with E-state index in [-0.39, 0.29) is 0 Å². The van der Waals surface area contributed by atoms with Gasteiger partial charge in [-0.15, -0.1) is 0 Å². The lowest BCUT2D eigenvalue weighted by molar-refractivity contribution is 0.324. The van der Waals surface area contributed by atoms with E-state index in [1.807, 2.05) is 54.6 Å². The van der Waals surface area contributed by atoms with Gasteiger partial charge in [0.2, 0.25) is 5.75 Å². The van der Waals surface area contributed by atoms with Crippen molar-refractivity contribution in [2.24, 2.45) is 0 Å². The maximum absolute atomic E-state index is 5.40. The quantitative estimate of drug-likeness (QED) is 0.657. The smallest absolute Gasteiger partial charge is 0.203 e. The molecule has 0 aliphatic heterocycles. The molecule has 0 atom stereocenters. The van der Waals surface area contributed by atoms with E-state index < -0.39 is 0 Å². The van der Waals surface area contributed by atoms with Crippen LogP contribution in [-0.4, -0.2) is 33.4 Å². The second-order valence-electron chi connectivity index (χ2n) is 5.56. The maximum Gasteiger partial charge on any atom is 0.203 e. The number of para-hydroxylation sites is 1. The van der Waals surface area contributed by atoms with Gasteiger partial charge in [0.25, 0.3) is 0 Å². The van der Waals surface area contributed by atoms with Gasteiger partial charge in [-0.3, -0.25) is 0 Å². The van der Waals surface area contributed by atoms with E-state index in [0.29, 0.717) is 17.2 Å². The molecule has 0 amide bonds. The molecule has 0 aliphatic carbocycles. The van der Waals surface area contributed by atoms with Crippen molar-refractivity contribution in [1.82, 2.24) is 4.98 Å². The van der Waals surface area contributed by atoms with Crippen molar-refractivity contribution >= 4 is 23.1 Å². The zero-order valence-electron chi connectivity index (χ0n) is 15.3. The predicted octanol–water partition coefficient (Wildman–Crippen LogP) is 4.44. The Morgan fingerprint density at radius 1 is 0.731 bits per heavy atom. The van der Waals surface area contributed by atoms with Crippen LogP contribution in [0.15, 0.2) is 42.5 Å². The lowest BCUT2D eigenvalue weighted by Crippen LogP contribution is -1.95. The van der Waals surface area contributed by atoms with E-state index in [0.717, 1.165) is 27.9 Å². The van der Waals surface area contributed by atoms with Crippen LogP contribution < -0.4 is 18.9 Å². The second kappa shape index (κ2) is 7.78. The highest BCUT2D eigenvalue weighted by atomic mass is 16.5. The summed E-state index contributed by atoms with van der Waals surface area (Å²) in [5.41, 5.74) is 2.58. The molecule has 2 aromatic carbocycles. The number of hydrogen-bond acceptors (Lipinski definition) is 5. The summed E-state index contributed by atoms with van der Waals surface area (Å²) in [4.78, 5) is 4.68. The van der Waals surface area contributed by atoms with E-state index in [1.54, 1.807) is 28.4 Å². The van der Waals surface area contributed by atoms with Crippen LogP contribution in [-0.2, 0) is 0 Å². The number of fused-ring (bicyclic) bond motifs is 1. The number of nitrogens with zero attached hydrogens (tertiary/aromatic N) is 1. The van der Waals surface area contributed by atoms with Crippen molar-refractivity contribution in [2.75, 3.05) is 28.4 Å². The molecule has 5 heteroatoms. The Kier molecular flexibility index (Phi) is 5.27. The van der Waals surface area contributed by atoms with Crippen molar-refractivity contribution in [3.05, 3.63) is 53.7 Å². The van der Waals surface area contributed by atoms with Crippen LogP contribution in [0.3, 0.4) is 0 Å². The lowest BCUT2D eigenvalue weighted by Gasteiger charge is -2.12. The third-order valence-electron chi connectivity index (χ3n) is 4.06. The molecule has 0 spiro atoms. The SMILES string of the molecule is COc1cc(C=Cc2ccc3cccc(OC)c3n2)cc(OC)c1OC. The average molecular weight is 351 g/mol. The molecule has 1 aromatic heterocycles. The zero-order valence-corrected chi connectivity index (χ0v) is 15.3. The van der Waals surface area contributed by atoms with Gasteiger partial charge in [-0.1, -0.05) is 24.3 Å². The molecule has 0 fully saturated rings. The van der Waals surface area contributed by atoms with Gasteiger partial charge in [0.1, 0.15) is 11.3 Å². The summed E-state index contributed by atoms with van der Waals surface area (Å²) in [5.74, 6) is 2.55. The van der Waals surface area contributed by atoms with Crippen molar-refractivity contribution in [1.29, 1.82) is 0 Å². The highest BCUT2D eigenvalue weighted by Crippen LogP contribution is 2.38. The Hall–Kier alpha value is -3.21. The fourth-order valence-electron chi connectivity index (χ4n) is 2.77. The molecule has 1 heterocycles. The van der Waals surface area contributed by atoms with Gasteiger partial charge in [-0.2, -0.15) is 0 Å². The molecular formula is C21H21NO4. The van der Waals surface area contributed by atoms with E-state index in [1.165, 1.54) is 0 Å². The first-order chi connectivity index (χ1) is 12.7. The first-order valence-corrected chi connectivity index (χ1v) is 8.12. The molecule has 0 saturated heterocycles. The summed E-state index contributed by atoms with van der Waals surface area (Å²) in [5, 5.41) is 1.04. The van der Waals surface area contributed by atoms with Crippen molar-refractivity contribution in [3.8, 4) is 23.0 Å². The van der Waals surface area contributed by atoms with Gasteiger partial charge < -0.3 is 18.9 Å². The molecular weight excluding hydrogens is 330 g/mol. The van der Waals surface area contributed by atoms with Crippen LogP contribution in [0.5, 0.6) is 23.0 Å². The molecule has 0 bridgehead atoms. The molecule has 26 heavy (non-hydrogen) atoms. The number of aromatic nitrogens is 1. The Balaban J connectivity index is 1.98. The van der Waals surface area contributed by atoms with E-state index in [2.05, 4.69) is 4.98 Å². The Bertz CT molecular complexity index is 925. The van der Waals surface area contributed by atoms with Crippen LogP contribution in [0, 0.1) is 0 Å². The third kappa shape index (κ3) is 3.42. The summed E-state index contributed by atoms with van der Waals surface area (Å²) >= 11 is 0. The molecule has 3 rings (SSSR count). The molecule has 0 unspecified atom stereocenters. The normalized spacial score (nSPS) is 10.9. The fourth-order valence-corrected chi connectivity index (χ4v) is 2.77. The number of rotatable bonds is 6. The second-order valence-corrected chi connectivity index (χ2v) is 5.56. The highest BCUT2D eigenvalue weighted by Gasteiger charge is 2.12. The lowest BCUT2D eigenvalue weighted by atomic mass is 10.1. The van der Waals surface area contributed by atoms with Crippen LogP contribution in [0.2, 0.25) is 0 Å². The Labute approximate surface area is 152 Å². The number of methoxy groups -OCH3 is 4. The highest BCUT2D eigenvalue weighted by molar-refractivity contribution is 5.86. The molecule has 5 nitrogen and oxygen atoms in total. The monoisotopic (exact) mass is 351 g/mol. The molecule has 3 aromatic rings. The maximum atomic E-state index is 5.40. The number of pyridine rings is 1. The first-order valence-electron chi connectivity index (χ1n) is 8.12. The topological polar surface area (TPSA) is 49.8 Å². The summed E-state index contributed by atoms with van der Waals surface area (Å²) in [6.45, 7) is 0. The number of benzene rings is 2. The van der Waals surface area contributed by atoms with E-state index in [9.17, 15) is 0 Å².